The summed E-state index contributed by atoms with van der Waals surface area (Å²) in [4.78, 5) is 13.4. The van der Waals surface area contributed by atoms with Crippen LogP contribution in [0.1, 0.15) is 23.6 Å². The fraction of sp³-hybridized carbons (Fsp3) is 0.533. The molecule has 1 unspecified atom stereocenters. The van der Waals surface area contributed by atoms with Gasteiger partial charge in [-0.3, -0.25) is 9.69 Å². The third-order valence-corrected chi connectivity index (χ3v) is 3.95. The second-order valence-electron chi connectivity index (χ2n) is 5.23. The molecule has 1 aromatic carbocycles. The molecule has 2 aliphatic rings. The van der Waals surface area contributed by atoms with Crippen molar-refractivity contribution < 1.29 is 19.4 Å². The van der Waals surface area contributed by atoms with Gasteiger partial charge >= 0.3 is 5.97 Å². The Morgan fingerprint density at radius 1 is 1.30 bits per heavy atom. The van der Waals surface area contributed by atoms with Crippen molar-refractivity contribution in [2.45, 2.75) is 18.9 Å². The van der Waals surface area contributed by atoms with Crippen LogP contribution in [0.15, 0.2) is 18.2 Å². The first-order valence-electron chi connectivity index (χ1n) is 7.03. The number of aliphatic carboxylic acids is 1. The van der Waals surface area contributed by atoms with Gasteiger partial charge in [0.2, 0.25) is 0 Å². The van der Waals surface area contributed by atoms with Gasteiger partial charge in [0.25, 0.3) is 0 Å². The van der Waals surface area contributed by atoms with Crippen LogP contribution in [0, 0.1) is 0 Å². The van der Waals surface area contributed by atoms with E-state index in [1.165, 1.54) is 5.56 Å². The number of fused-ring (bicyclic) bond motifs is 1. The number of hydrogen-bond donors (Lipinski definition) is 1. The molecule has 0 amide bonds. The van der Waals surface area contributed by atoms with Gasteiger partial charge in [-0.15, -0.1) is 0 Å². The Bertz CT molecular complexity index is 497. The van der Waals surface area contributed by atoms with Gasteiger partial charge in [0.1, 0.15) is 5.75 Å². The van der Waals surface area contributed by atoms with Gasteiger partial charge in [0, 0.05) is 25.6 Å². The van der Waals surface area contributed by atoms with Gasteiger partial charge in [0.05, 0.1) is 26.2 Å². The maximum Gasteiger partial charge on any atom is 0.305 e. The number of morpholine rings is 1. The van der Waals surface area contributed by atoms with Crippen LogP contribution in [0.3, 0.4) is 0 Å². The summed E-state index contributed by atoms with van der Waals surface area (Å²) in [6.07, 6.45) is 1.03. The highest BCUT2D eigenvalue weighted by molar-refractivity contribution is 5.68. The number of rotatable bonds is 4. The van der Waals surface area contributed by atoms with Crippen LogP contribution < -0.4 is 4.74 Å². The Morgan fingerprint density at radius 3 is 2.85 bits per heavy atom. The molecule has 0 saturated carbocycles. The average molecular weight is 277 g/mol. The highest BCUT2D eigenvalue weighted by atomic mass is 16.5. The number of ether oxygens (including phenoxy) is 2. The van der Waals surface area contributed by atoms with Crippen LogP contribution in [0.2, 0.25) is 0 Å². The van der Waals surface area contributed by atoms with Crippen LogP contribution in [-0.4, -0.2) is 48.9 Å². The normalized spacial score (nSPS) is 20.2. The van der Waals surface area contributed by atoms with Crippen molar-refractivity contribution in [3.63, 3.8) is 0 Å². The van der Waals surface area contributed by atoms with Crippen molar-refractivity contribution in [2.75, 3.05) is 32.9 Å². The number of benzene rings is 1. The molecule has 1 atom stereocenters. The Labute approximate surface area is 118 Å². The summed E-state index contributed by atoms with van der Waals surface area (Å²) in [6.45, 7) is 3.63. The molecule has 20 heavy (non-hydrogen) atoms. The van der Waals surface area contributed by atoms with E-state index in [-0.39, 0.29) is 12.5 Å². The fourth-order valence-electron chi connectivity index (χ4n) is 2.93. The molecule has 1 saturated heterocycles. The summed E-state index contributed by atoms with van der Waals surface area (Å²) in [7, 11) is 0. The van der Waals surface area contributed by atoms with Gasteiger partial charge < -0.3 is 14.6 Å². The summed E-state index contributed by atoms with van der Waals surface area (Å²) >= 11 is 0. The largest absolute Gasteiger partial charge is 0.493 e. The minimum absolute atomic E-state index is 0.0812. The molecule has 0 aliphatic carbocycles. The standard InChI is InChI=1S/C15H19NO4/c17-15(18)10-13(16-4-7-19-8-5-16)11-1-2-14-12(9-11)3-6-20-14/h1-2,9,13H,3-8,10H2,(H,17,18). The topological polar surface area (TPSA) is 59.0 Å². The highest BCUT2D eigenvalue weighted by Crippen LogP contribution is 2.32. The van der Waals surface area contributed by atoms with Crippen LogP contribution in [0.4, 0.5) is 0 Å². The monoisotopic (exact) mass is 277 g/mol. The van der Waals surface area contributed by atoms with E-state index in [9.17, 15) is 9.90 Å². The summed E-state index contributed by atoms with van der Waals surface area (Å²) in [5, 5.41) is 9.19. The Hall–Kier alpha value is -1.59. The number of nitrogens with zero attached hydrogens (tertiary/aromatic N) is 1. The molecule has 1 aromatic rings. The van der Waals surface area contributed by atoms with Gasteiger partial charge in [-0.05, 0) is 17.2 Å². The number of carboxylic acids is 1. The molecule has 5 heteroatoms. The summed E-state index contributed by atoms with van der Waals surface area (Å²) in [5.41, 5.74) is 2.25. The van der Waals surface area contributed by atoms with E-state index in [4.69, 9.17) is 9.47 Å². The second-order valence-corrected chi connectivity index (χ2v) is 5.23. The highest BCUT2D eigenvalue weighted by Gasteiger charge is 2.26. The van der Waals surface area contributed by atoms with Crippen molar-refractivity contribution in [1.82, 2.24) is 4.90 Å². The summed E-state index contributed by atoms with van der Waals surface area (Å²) in [5.74, 6) is 0.169. The first-order chi connectivity index (χ1) is 9.74. The van der Waals surface area contributed by atoms with E-state index in [2.05, 4.69) is 11.0 Å². The van der Waals surface area contributed by atoms with Crippen molar-refractivity contribution in [3.8, 4) is 5.75 Å². The molecule has 1 N–H and O–H groups in total. The lowest BCUT2D eigenvalue weighted by molar-refractivity contribution is -0.139. The fourth-order valence-corrected chi connectivity index (χ4v) is 2.93. The minimum Gasteiger partial charge on any atom is -0.493 e. The molecule has 2 heterocycles. The third kappa shape index (κ3) is 2.78. The van der Waals surface area contributed by atoms with Gasteiger partial charge in [-0.1, -0.05) is 12.1 Å². The molecular weight excluding hydrogens is 258 g/mol. The average Bonchev–Trinajstić information content (AvgIpc) is 2.93. The Morgan fingerprint density at radius 2 is 2.10 bits per heavy atom. The first kappa shape index (κ1) is 13.4. The third-order valence-electron chi connectivity index (χ3n) is 3.95. The van der Waals surface area contributed by atoms with Crippen molar-refractivity contribution in [1.29, 1.82) is 0 Å². The maximum atomic E-state index is 11.2. The number of hydrogen-bond acceptors (Lipinski definition) is 4. The van der Waals surface area contributed by atoms with Crippen LogP contribution in [0.25, 0.3) is 0 Å². The van der Waals surface area contributed by atoms with E-state index < -0.39 is 5.97 Å². The van der Waals surface area contributed by atoms with Crippen molar-refractivity contribution in [3.05, 3.63) is 29.3 Å². The smallest absolute Gasteiger partial charge is 0.305 e. The lowest BCUT2D eigenvalue weighted by Gasteiger charge is -2.34. The Kier molecular flexibility index (Phi) is 3.89. The van der Waals surface area contributed by atoms with Gasteiger partial charge in [-0.2, -0.15) is 0 Å². The predicted molar refractivity (Wildman–Crippen MR) is 73.0 cm³/mol. The molecule has 108 valence electrons. The SMILES string of the molecule is O=C(O)CC(c1ccc2c(c1)CCO2)N1CCOCC1. The van der Waals surface area contributed by atoms with E-state index in [0.29, 0.717) is 13.2 Å². The number of carboxylic acid groups (broad SMARTS) is 1. The zero-order valence-corrected chi connectivity index (χ0v) is 11.4. The van der Waals surface area contributed by atoms with Crippen molar-refractivity contribution in [2.24, 2.45) is 0 Å². The van der Waals surface area contributed by atoms with Gasteiger partial charge in [0.15, 0.2) is 0 Å². The molecule has 5 nitrogen and oxygen atoms in total. The van der Waals surface area contributed by atoms with E-state index in [1.807, 2.05) is 12.1 Å². The number of carbonyl (C=O) groups is 1. The van der Waals surface area contributed by atoms with E-state index in [0.717, 1.165) is 37.4 Å². The zero-order valence-electron chi connectivity index (χ0n) is 11.4. The van der Waals surface area contributed by atoms with E-state index >= 15 is 0 Å². The summed E-state index contributed by atoms with van der Waals surface area (Å²) < 4.78 is 10.9. The lowest BCUT2D eigenvalue weighted by Crippen LogP contribution is -2.39. The first-order valence-corrected chi connectivity index (χ1v) is 7.03. The lowest BCUT2D eigenvalue weighted by atomic mass is 9.98. The van der Waals surface area contributed by atoms with E-state index in [1.54, 1.807) is 0 Å². The molecule has 0 aromatic heterocycles. The van der Waals surface area contributed by atoms with Crippen LogP contribution in [-0.2, 0) is 16.0 Å². The molecule has 0 bridgehead atoms. The maximum absolute atomic E-state index is 11.2. The Balaban J connectivity index is 1.85. The minimum atomic E-state index is -0.766. The molecule has 3 rings (SSSR count). The zero-order chi connectivity index (χ0) is 13.9. The predicted octanol–water partition coefficient (Wildman–Crippen LogP) is 1.47. The quantitative estimate of drug-likeness (QED) is 0.903. The molecule has 0 radical (unpaired) electrons. The van der Waals surface area contributed by atoms with Gasteiger partial charge in [-0.25, -0.2) is 0 Å². The second kappa shape index (κ2) is 5.81. The molecule has 0 spiro atoms. The van der Waals surface area contributed by atoms with Crippen molar-refractivity contribution >= 4 is 5.97 Å². The van der Waals surface area contributed by atoms with Crippen LogP contribution in [0.5, 0.6) is 5.75 Å². The summed E-state index contributed by atoms with van der Waals surface area (Å²) in [6, 6.07) is 5.98. The molecular formula is C15H19NO4. The van der Waals surface area contributed by atoms with Crippen LogP contribution >= 0.6 is 0 Å². The molecule has 1 fully saturated rings. The molecule has 2 aliphatic heterocycles.